The van der Waals surface area contributed by atoms with Gasteiger partial charge in [0, 0.05) is 19.0 Å². The third kappa shape index (κ3) is 2.86. The number of piperidine rings is 1. The number of nitrogens with two attached hydrogens (primary N) is 1. The summed E-state index contributed by atoms with van der Waals surface area (Å²) in [5.74, 6) is -1.27. The van der Waals surface area contributed by atoms with Crippen LogP contribution in [0.5, 0.6) is 0 Å². The van der Waals surface area contributed by atoms with Crippen LogP contribution in [0.1, 0.15) is 28.8 Å². The first-order valence-corrected chi connectivity index (χ1v) is 6.37. The molecule has 5 nitrogen and oxygen atoms in total. The standard InChI is InChI=1S/C14H18N2O3/c1-9-2-3-11(14(18)19)12(8-9)16-6-4-10(5-7-16)13(15)17/h2-3,8,10H,4-7H2,1H3,(H2,15,17)(H,18,19). The molecule has 102 valence electrons. The number of carbonyl (C=O) groups excluding carboxylic acids is 1. The van der Waals surface area contributed by atoms with Crippen LogP contribution >= 0.6 is 0 Å². The van der Waals surface area contributed by atoms with Gasteiger partial charge >= 0.3 is 5.97 Å². The number of amides is 1. The summed E-state index contributed by atoms with van der Waals surface area (Å²) in [7, 11) is 0. The van der Waals surface area contributed by atoms with Gasteiger partial charge in [0.05, 0.1) is 11.3 Å². The molecular formula is C14H18N2O3. The minimum absolute atomic E-state index is 0.0886. The number of primary amides is 1. The number of anilines is 1. The molecule has 5 heteroatoms. The average Bonchev–Trinajstić information content (AvgIpc) is 2.38. The van der Waals surface area contributed by atoms with Crippen molar-refractivity contribution in [2.45, 2.75) is 19.8 Å². The molecule has 0 bridgehead atoms. The van der Waals surface area contributed by atoms with E-state index in [1.54, 1.807) is 12.1 Å². The Kier molecular flexibility index (Phi) is 3.74. The number of rotatable bonds is 3. The molecule has 0 atom stereocenters. The maximum Gasteiger partial charge on any atom is 0.337 e. The van der Waals surface area contributed by atoms with Crippen molar-refractivity contribution in [3.63, 3.8) is 0 Å². The van der Waals surface area contributed by atoms with Gasteiger partial charge in [-0.2, -0.15) is 0 Å². The Labute approximate surface area is 112 Å². The minimum atomic E-state index is -0.924. The second-order valence-corrected chi connectivity index (χ2v) is 4.99. The van der Waals surface area contributed by atoms with E-state index >= 15 is 0 Å². The Morgan fingerprint density at radius 3 is 2.47 bits per heavy atom. The zero-order valence-electron chi connectivity index (χ0n) is 10.9. The van der Waals surface area contributed by atoms with Gasteiger partial charge in [0.25, 0.3) is 0 Å². The highest BCUT2D eigenvalue weighted by molar-refractivity contribution is 5.94. The monoisotopic (exact) mass is 262 g/mol. The molecule has 0 spiro atoms. The first kappa shape index (κ1) is 13.4. The largest absolute Gasteiger partial charge is 0.478 e. The third-order valence-corrected chi connectivity index (χ3v) is 3.62. The molecule has 2 rings (SSSR count). The molecule has 0 aliphatic carbocycles. The van der Waals surface area contributed by atoms with E-state index in [0.717, 1.165) is 11.3 Å². The van der Waals surface area contributed by atoms with Gasteiger partial charge in [0.1, 0.15) is 0 Å². The number of hydrogen-bond acceptors (Lipinski definition) is 3. The molecule has 3 N–H and O–H groups in total. The van der Waals surface area contributed by atoms with E-state index in [2.05, 4.69) is 0 Å². The maximum atomic E-state index is 11.2. The van der Waals surface area contributed by atoms with Gasteiger partial charge in [-0.1, -0.05) is 6.07 Å². The van der Waals surface area contributed by atoms with Crippen molar-refractivity contribution in [1.82, 2.24) is 0 Å². The zero-order valence-corrected chi connectivity index (χ0v) is 10.9. The lowest BCUT2D eigenvalue weighted by Gasteiger charge is -2.33. The fourth-order valence-corrected chi connectivity index (χ4v) is 2.49. The zero-order chi connectivity index (χ0) is 14.0. The number of hydrogen-bond donors (Lipinski definition) is 2. The van der Waals surface area contributed by atoms with Crippen LogP contribution in [-0.4, -0.2) is 30.1 Å². The number of aryl methyl sites for hydroxylation is 1. The van der Waals surface area contributed by atoms with Crippen molar-refractivity contribution < 1.29 is 14.7 Å². The number of aromatic carboxylic acids is 1. The highest BCUT2D eigenvalue weighted by Crippen LogP contribution is 2.27. The van der Waals surface area contributed by atoms with Gasteiger partial charge in [-0.25, -0.2) is 4.79 Å². The highest BCUT2D eigenvalue weighted by atomic mass is 16.4. The van der Waals surface area contributed by atoms with Gasteiger partial charge in [0.15, 0.2) is 0 Å². The predicted octanol–water partition coefficient (Wildman–Crippen LogP) is 1.39. The van der Waals surface area contributed by atoms with Crippen LogP contribution in [0.25, 0.3) is 0 Å². The molecule has 1 amide bonds. The van der Waals surface area contributed by atoms with E-state index in [0.29, 0.717) is 31.5 Å². The summed E-state index contributed by atoms with van der Waals surface area (Å²) < 4.78 is 0. The van der Waals surface area contributed by atoms with E-state index in [4.69, 9.17) is 5.73 Å². The number of carboxylic acid groups (broad SMARTS) is 1. The lowest BCUT2D eigenvalue weighted by molar-refractivity contribution is -0.122. The van der Waals surface area contributed by atoms with Crippen molar-refractivity contribution in [3.8, 4) is 0 Å². The molecule has 19 heavy (non-hydrogen) atoms. The Balaban J connectivity index is 2.21. The van der Waals surface area contributed by atoms with Crippen molar-refractivity contribution in [3.05, 3.63) is 29.3 Å². The molecule has 1 fully saturated rings. The summed E-state index contributed by atoms with van der Waals surface area (Å²) in [6.45, 7) is 3.26. The predicted molar refractivity (Wildman–Crippen MR) is 72.3 cm³/mol. The second-order valence-electron chi connectivity index (χ2n) is 4.99. The fourth-order valence-electron chi connectivity index (χ4n) is 2.49. The van der Waals surface area contributed by atoms with Crippen molar-refractivity contribution >= 4 is 17.6 Å². The second kappa shape index (κ2) is 5.30. The molecule has 1 saturated heterocycles. The number of benzene rings is 1. The lowest BCUT2D eigenvalue weighted by Crippen LogP contribution is -2.39. The topological polar surface area (TPSA) is 83.6 Å². The van der Waals surface area contributed by atoms with Gasteiger partial charge < -0.3 is 15.7 Å². The quantitative estimate of drug-likeness (QED) is 0.862. The van der Waals surface area contributed by atoms with Crippen molar-refractivity contribution in [2.75, 3.05) is 18.0 Å². The van der Waals surface area contributed by atoms with Gasteiger partial charge in [0.2, 0.25) is 5.91 Å². The molecule has 0 radical (unpaired) electrons. The van der Waals surface area contributed by atoms with Crippen LogP contribution in [0.15, 0.2) is 18.2 Å². The summed E-state index contributed by atoms with van der Waals surface area (Å²) in [6.07, 6.45) is 1.37. The maximum absolute atomic E-state index is 11.2. The van der Waals surface area contributed by atoms with E-state index in [1.165, 1.54) is 0 Å². The van der Waals surface area contributed by atoms with Crippen molar-refractivity contribution in [1.29, 1.82) is 0 Å². The highest BCUT2D eigenvalue weighted by Gasteiger charge is 2.25. The fraction of sp³-hybridized carbons (Fsp3) is 0.429. The molecular weight excluding hydrogens is 244 g/mol. The Morgan fingerprint density at radius 2 is 1.95 bits per heavy atom. The van der Waals surface area contributed by atoms with Gasteiger partial charge in [-0.05, 0) is 37.5 Å². The van der Waals surface area contributed by atoms with Gasteiger partial charge in [-0.15, -0.1) is 0 Å². The Morgan fingerprint density at radius 1 is 1.32 bits per heavy atom. The Hall–Kier alpha value is -2.04. The molecule has 0 aromatic heterocycles. The molecule has 1 aliphatic rings. The molecule has 1 heterocycles. The molecule has 1 aliphatic heterocycles. The van der Waals surface area contributed by atoms with E-state index in [9.17, 15) is 14.7 Å². The van der Waals surface area contributed by atoms with Crippen LogP contribution in [0, 0.1) is 12.8 Å². The minimum Gasteiger partial charge on any atom is -0.478 e. The van der Waals surface area contributed by atoms with E-state index < -0.39 is 5.97 Å². The van der Waals surface area contributed by atoms with Crippen LogP contribution in [0.2, 0.25) is 0 Å². The molecule has 0 unspecified atom stereocenters. The molecule has 1 aromatic rings. The first-order chi connectivity index (χ1) is 8.99. The number of carboxylic acids is 1. The van der Waals surface area contributed by atoms with Crippen molar-refractivity contribution in [2.24, 2.45) is 11.7 Å². The van der Waals surface area contributed by atoms with E-state index in [1.807, 2.05) is 17.9 Å². The molecule has 0 saturated carbocycles. The summed E-state index contributed by atoms with van der Waals surface area (Å²) in [5, 5.41) is 9.23. The van der Waals surface area contributed by atoms with E-state index in [-0.39, 0.29) is 11.8 Å². The van der Waals surface area contributed by atoms with Crippen LogP contribution in [0.3, 0.4) is 0 Å². The van der Waals surface area contributed by atoms with Gasteiger partial charge in [-0.3, -0.25) is 4.79 Å². The summed E-state index contributed by atoms with van der Waals surface area (Å²) in [6, 6.07) is 5.31. The first-order valence-electron chi connectivity index (χ1n) is 6.37. The summed E-state index contributed by atoms with van der Waals surface area (Å²) in [5.41, 5.74) is 7.37. The Bertz CT molecular complexity index is 505. The lowest BCUT2D eigenvalue weighted by atomic mass is 9.95. The van der Waals surface area contributed by atoms with Crippen LogP contribution < -0.4 is 10.6 Å². The normalized spacial score (nSPS) is 16.4. The third-order valence-electron chi connectivity index (χ3n) is 3.62. The van der Waals surface area contributed by atoms with Crippen LogP contribution in [-0.2, 0) is 4.79 Å². The summed E-state index contributed by atoms with van der Waals surface area (Å²) >= 11 is 0. The average molecular weight is 262 g/mol. The number of carbonyl (C=O) groups is 2. The van der Waals surface area contributed by atoms with Crippen LogP contribution in [0.4, 0.5) is 5.69 Å². The molecule has 1 aromatic carbocycles. The summed E-state index contributed by atoms with van der Waals surface area (Å²) in [4.78, 5) is 24.4. The smallest absolute Gasteiger partial charge is 0.337 e. The number of nitrogens with zero attached hydrogens (tertiary/aromatic N) is 1. The SMILES string of the molecule is Cc1ccc(C(=O)O)c(N2CCC(C(N)=O)CC2)c1.